The summed E-state index contributed by atoms with van der Waals surface area (Å²) in [6.45, 7) is 1.78. The number of nitrogens with zero attached hydrogens (tertiary/aromatic N) is 4. The molecule has 0 saturated carbocycles. The minimum atomic E-state index is 0.466. The Bertz CT molecular complexity index is 778. The second-order valence-electron chi connectivity index (χ2n) is 4.18. The van der Waals surface area contributed by atoms with Gasteiger partial charge in [-0.15, -0.1) is 11.3 Å². The lowest BCUT2D eigenvalue weighted by Gasteiger charge is -2.00. The quantitative estimate of drug-likeness (QED) is 0.567. The van der Waals surface area contributed by atoms with Gasteiger partial charge in [-0.2, -0.15) is 10.1 Å². The largest absolute Gasteiger partial charge is 0.383 e. The molecule has 3 N–H and O–H groups in total. The van der Waals surface area contributed by atoms with E-state index in [0.29, 0.717) is 22.7 Å². The zero-order valence-corrected chi connectivity index (χ0v) is 12.0. The Morgan fingerprint density at radius 1 is 1.33 bits per heavy atom. The molecule has 0 aliphatic carbocycles. The molecule has 0 aliphatic heterocycles. The van der Waals surface area contributed by atoms with E-state index < -0.39 is 0 Å². The lowest BCUT2D eigenvalue weighted by molar-refractivity contribution is 0.425. The van der Waals surface area contributed by atoms with Gasteiger partial charge in [0.15, 0.2) is 5.82 Å². The van der Waals surface area contributed by atoms with Crippen molar-refractivity contribution in [3.8, 4) is 11.5 Å². The van der Waals surface area contributed by atoms with E-state index in [0.717, 1.165) is 11.1 Å². The van der Waals surface area contributed by atoms with Crippen LogP contribution in [0.15, 0.2) is 39.3 Å². The summed E-state index contributed by atoms with van der Waals surface area (Å²) in [7, 11) is 0. The average molecular weight is 300 g/mol. The van der Waals surface area contributed by atoms with Crippen LogP contribution in [0.5, 0.6) is 0 Å². The van der Waals surface area contributed by atoms with Gasteiger partial charge in [-0.1, -0.05) is 23.4 Å². The van der Waals surface area contributed by atoms with E-state index in [9.17, 15) is 0 Å². The highest BCUT2D eigenvalue weighted by Gasteiger charge is 2.09. The average Bonchev–Trinajstić information content (AvgIpc) is 3.08. The summed E-state index contributed by atoms with van der Waals surface area (Å²) >= 11 is 1.39. The first kappa shape index (κ1) is 13.3. The minimum Gasteiger partial charge on any atom is -0.383 e. The van der Waals surface area contributed by atoms with Crippen LogP contribution in [0.1, 0.15) is 11.4 Å². The smallest absolute Gasteiger partial charge is 0.258 e. The number of aromatic nitrogens is 3. The van der Waals surface area contributed by atoms with Gasteiger partial charge in [0.05, 0.1) is 6.21 Å². The highest BCUT2D eigenvalue weighted by molar-refractivity contribution is 7.14. The zero-order valence-electron chi connectivity index (χ0n) is 11.1. The van der Waals surface area contributed by atoms with Crippen LogP contribution in [0.2, 0.25) is 0 Å². The number of hydrogen-bond acceptors (Lipinski definition) is 8. The van der Waals surface area contributed by atoms with E-state index in [2.05, 4.69) is 25.7 Å². The fourth-order valence-corrected chi connectivity index (χ4v) is 2.25. The lowest BCUT2D eigenvalue weighted by atomic mass is 10.1. The van der Waals surface area contributed by atoms with E-state index in [1.807, 2.05) is 24.3 Å². The predicted molar refractivity (Wildman–Crippen MR) is 82.2 cm³/mol. The Balaban J connectivity index is 1.82. The van der Waals surface area contributed by atoms with E-state index >= 15 is 0 Å². The predicted octanol–water partition coefficient (Wildman–Crippen LogP) is 2.53. The van der Waals surface area contributed by atoms with Gasteiger partial charge in [0.2, 0.25) is 5.13 Å². The van der Waals surface area contributed by atoms with Crippen molar-refractivity contribution in [1.82, 2.24) is 15.1 Å². The third kappa shape index (κ3) is 3.06. The van der Waals surface area contributed by atoms with E-state index in [1.165, 1.54) is 11.3 Å². The first-order valence-electron chi connectivity index (χ1n) is 6.12. The molecule has 0 saturated heterocycles. The number of hydrazone groups is 1. The van der Waals surface area contributed by atoms with Gasteiger partial charge in [0, 0.05) is 16.5 Å². The van der Waals surface area contributed by atoms with Crippen LogP contribution in [0.3, 0.4) is 0 Å². The SMILES string of the molecule is Cc1noc(-c2ccccc2C=NNc2nc(N)cs2)n1. The molecule has 0 unspecified atom stereocenters. The molecule has 0 radical (unpaired) electrons. The molecule has 2 aromatic heterocycles. The normalized spacial score (nSPS) is 11.1. The van der Waals surface area contributed by atoms with Crippen molar-refractivity contribution in [1.29, 1.82) is 0 Å². The number of hydrogen-bond donors (Lipinski definition) is 2. The highest BCUT2D eigenvalue weighted by Crippen LogP contribution is 2.21. The molecule has 3 rings (SSSR count). The molecule has 106 valence electrons. The van der Waals surface area contributed by atoms with E-state index in [4.69, 9.17) is 10.3 Å². The Kier molecular flexibility index (Phi) is 3.61. The van der Waals surface area contributed by atoms with Gasteiger partial charge < -0.3 is 10.3 Å². The number of aryl methyl sites for hydroxylation is 1. The number of nitrogens with two attached hydrogens (primary N) is 1. The third-order valence-electron chi connectivity index (χ3n) is 2.60. The van der Waals surface area contributed by atoms with Crippen molar-refractivity contribution in [3.05, 3.63) is 41.0 Å². The molecule has 0 amide bonds. The molecule has 0 fully saturated rings. The molecule has 8 heteroatoms. The highest BCUT2D eigenvalue weighted by atomic mass is 32.1. The molecular formula is C13H12N6OS. The monoisotopic (exact) mass is 300 g/mol. The Labute approximate surface area is 124 Å². The number of nitrogen functional groups attached to an aromatic ring is 1. The van der Waals surface area contributed by atoms with Gasteiger partial charge in [0.1, 0.15) is 5.82 Å². The summed E-state index contributed by atoms with van der Waals surface area (Å²) in [5.74, 6) is 1.53. The molecule has 0 spiro atoms. The van der Waals surface area contributed by atoms with Gasteiger partial charge >= 0.3 is 0 Å². The van der Waals surface area contributed by atoms with Crippen LogP contribution in [-0.2, 0) is 0 Å². The third-order valence-corrected chi connectivity index (χ3v) is 3.37. The molecule has 21 heavy (non-hydrogen) atoms. The number of rotatable bonds is 4. The molecule has 0 aliphatic rings. The second-order valence-corrected chi connectivity index (χ2v) is 5.04. The van der Waals surface area contributed by atoms with E-state index in [-0.39, 0.29) is 0 Å². The molecule has 1 aromatic carbocycles. The fourth-order valence-electron chi connectivity index (χ4n) is 1.71. The van der Waals surface area contributed by atoms with Crippen molar-refractivity contribution >= 4 is 28.5 Å². The summed E-state index contributed by atoms with van der Waals surface area (Å²) in [5.41, 5.74) is 10.1. The maximum atomic E-state index is 5.54. The Morgan fingerprint density at radius 2 is 2.19 bits per heavy atom. The first-order valence-corrected chi connectivity index (χ1v) is 7.00. The molecule has 0 bridgehead atoms. The zero-order chi connectivity index (χ0) is 14.7. The van der Waals surface area contributed by atoms with Gasteiger partial charge in [-0.25, -0.2) is 4.98 Å². The van der Waals surface area contributed by atoms with Crippen LogP contribution >= 0.6 is 11.3 Å². The number of nitrogens with one attached hydrogen (secondary N) is 1. The lowest BCUT2D eigenvalue weighted by Crippen LogP contribution is -1.93. The summed E-state index contributed by atoms with van der Waals surface area (Å²) in [6, 6.07) is 7.63. The summed E-state index contributed by atoms with van der Waals surface area (Å²) in [6.07, 6.45) is 1.67. The van der Waals surface area contributed by atoms with Gasteiger partial charge in [-0.05, 0) is 13.0 Å². The number of benzene rings is 1. The maximum Gasteiger partial charge on any atom is 0.258 e. The van der Waals surface area contributed by atoms with Gasteiger partial charge in [0.25, 0.3) is 5.89 Å². The van der Waals surface area contributed by atoms with Crippen molar-refractivity contribution in [2.75, 3.05) is 11.2 Å². The molecule has 0 atom stereocenters. The van der Waals surface area contributed by atoms with E-state index in [1.54, 1.807) is 18.5 Å². The Hall–Kier alpha value is -2.74. The van der Waals surface area contributed by atoms with Crippen LogP contribution in [-0.4, -0.2) is 21.3 Å². The van der Waals surface area contributed by atoms with Crippen LogP contribution in [0, 0.1) is 6.92 Å². The maximum absolute atomic E-state index is 5.54. The van der Waals surface area contributed by atoms with Crippen molar-refractivity contribution in [2.45, 2.75) is 6.92 Å². The van der Waals surface area contributed by atoms with Crippen molar-refractivity contribution in [3.63, 3.8) is 0 Å². The second kappa shape index (κ2) is 5.71. The molecule has 3 aromatic rings. The fraction of sp³-hybridized carbons (Fsp3) is 0.0769. The summed E-state index contributed by atoms with van der Waals surface area (Å²) in [4.78, 5) is 8.28. The van der Waals surface area contributed by atoms with Crippen LogP contribution in [0.4, 0.5) is 10.9 Å². The van der Waals surface area contributed by atoms with Gasteiger partial charge in [-0.3, -0.25) is 5.43 Å². The standard InChI is InChI=1S/C13H12N6OS/c1-8-16-12(20-19-8)10-5-3-2-4-9(10)6-15-18-13-17-11(14)7-21-13/h2-7H,14H2,1H3,(H,17,18). The summed E-state index contributed by atoms with van der Waals surface area (Å²) in [5, 5.41) is 10.3. The summed E-state index contributed by atoms with van der Waals surface area (Å²) < 4.78 is 5.19. The topological polar surface area (TPSA) is 102 Å². The number of anilines is 2. The minimum absolute atomic E-state index is 0.466. The number of thiazole rings is 1. The first-order chi connectivity index (χ1) is 10.2. The molecule has 2 heterocycles. The molecular weight excluding hydrogens is 288 g/mol. The molecule has 7 nitrogen and oxygen atoms in total. The van der Waals surface area contributed by atoms with Crippen molar-refractivity contribution < 1.29 is 4.52 Å². The van der Waals surface area contributed by atoms with Crippen molar-refractivity contribution in [2.24, 2.45) is 5.10 Å². The van der Waals surface area contributed by atoms with Crippen LogP contribution in [0.25, 0.3) is 11.5 Å². The van der Waals surface area contributed by atoms with Crippen LogP contribution < -0.4 is 11.2 Å². The Morgan fingerprint density at radius 3 is 2.90 bits per heavy atom.